The van der Waals surface area contributed by atoms with Gasteiger partial charge in [-0.05, 0) is 25.0 Å². The van der Waals surface area contributed by atoms with Crippen LogP contribution in [0.1, 0.15) is 22.8 Å². The first kappa shape index (κ1) is 19.7. The summed E-state index contributed by atoms with van der Waals surface area (Å²) in [4.78, 5) is 32.1. The largest absolute Gasteiger partial charge is 0.450 e. The lowest BCUT2D eigenvalue weighted by Gasteiger charge is -2.34. The van der Waals surface area contributed by atoms with E-state index in [9.17, 15) is 9.59 Å². The molecule has 0 aliphatic carbocycles. The van der Waals surface area contributed by atoms with Crippen molar-refractivity contribution in [2.45, 2.75) is 13.3 Å². The number of nitrogens with zero attached hydrogens (tertiary/aromatic N) is 3. The number of piperazine rings is 1. The lowest BCUT2D eigenvalue weighted by molar-refractivity contribution is 0.0570. The number of carbonyl (C=O) groups is 2. The molecule has 1 fully saturated rings. The van der Waals surface area contributed by atoms with Crippen LogP contribution in [-0.2, 0) is 11.2 Å². The normalized spacial score (nSPS) is 13.9. The second kappa shape index (κ2) is 9.73. The quantitative estimate of drug-likeness (QED) is 0.831. The van der Waals surface area contributed by atoms with E-state index < -0.39 is 0 Å². The molecule has 3 rings (SSSR count). The van der Waals surface area contributed by atoms with Gasteiger partial charge in [-0.2, -0.15) is 0 Å². The minimum Gasteiger partial charge on any atom is -0.450 e. The van der Waals surface area contributed by atoms with Gasteiger partial charge in [0, 0.05) is 45.1 Å². The summed E-state index contributed by atoms with van der Waals surface area (Å²) in [6.07, 6.45) is 3.89. The van der Waals surface area contributed by atoms with Gasteiger partial charge in [-0.3, -0.25) is 9.78 Å². The number of hydrogen-bond donors (Lipinski definition) is 1. The molecular formula is C21H26N4O3. The second-order valence-corrected chi connectivity index (χ2v) is 6.60. The maximum Gasteiger partial charge on any atom is 0.409 e. The van der Waals surface area contributed by atoms with Crippen molar-refractivity contribution in [2.24, 2.45) is 0 Å². The Balaban J connectivity index is 1.52. The number of pyridine rings is 1. The van der Waals surface area contributed by atoms with Gasteiger partial charge in [0.05, 0.1) is 17.9 Å². The number of hydrogen-bond acceptors (Lipinski definition) is 5. The number of carbonyl (C=O) groups excluding carboxylic acids is 2. The molecule has 0 spiro atoms. The molecule has 2 heterocycles. The van der Waals surface area contributed by atoms with Crippen molar-refractivity contribution >= 4 is 17.7 Å². The van der Waals surface area contributed by atoms with E-state index in [0.717, 1.165) is 18.7 Å². The molecule has 0 bridgehead atoms. The predicted molar refractivity (Wildman–Crippen MR) is 107 cm³/mol. The number of rotatable bonds is 6. The van der Waals surface area contributed by atoms with Crippen LogP contribution in [0.15, 0.2) is 48.8 Å². The van der Waals surface area contributed by atoms with Gasteiger partial charge in [0.15, 0.2) is 0 Å². The molecule has 1 aromatic heterocycles. The molecule has 1 aliphatic rings. The molecule has 7 nitrogen and oxygen atoms in total. The molecule has 1 aromatic carbocycles. The first-order valence-electron chi connectivity index (χ1n) is 9.61. The Bertz CT molecular complexity index is 789. The highest BCUT2D eigenvalue weighted by Crippen LogP contribution is 2.13. The zero-order valence-corrected chi connectivity index (χ0v) is 16.1. The minimum atomic E-state index is -0.319. The van der Waals surface area contributed by atoms with Gasteiger partial charge in [-0.15, -0.1) is 0 Å². The average molecular weight is 382 g/mol. The fraction of sp³-hybridized carbons (Fsp3) is 0.381. The lowest BCUT2D eigenvalue weighted by atomic mass is 10.1. The van der Waals surface area contributed by atoms with Crippen LogP contribution in [0.2, 0.25) is 0 Å². The number of aromatic nitrogens is 1. The summed E-state index contributed by atoms with van der Waals surface area (Å²) in [7, 11) is 0. The van der Waals surface area contributed by atoms with Crippen molar-refractivity contribution in [3.05, 3.63) is 59.9 Å². The van der Waals surface area contributed by atoms with Crippen LogP contribution in [0.3, 0.4) is 0 Å². The standard InChI is InChI=1S/C21H26N4O3/c1-2-28-21(27)25-12-10-24(11-13-25)20(26)18-14-19(16-22-15-18)23-9-8-17-6-4-3-5-7-17/h3-7,14-16,23H,2,8-13H2,1H3. The molecular weight excluding hydrogens is 356 g/mol. The third kappa shape index (κ3) is 5.22. The number of amides is 2. The Hall–Kier alpha value is -3.09. The fourth-order valence-corrected chi connectivity index (χ4v) is 3.14. The predicted octanol–water partition coefficient (Wildman–Crippen LogP) is 2.65. The van der Waals surface area contributed by atoms with Gasteiger partial charge in [-0.1, -0.05) is 30.3 Å². The number of nitrogens with one attached hydrogen (secondary N) is 1. The first-order valence-corrected chi connectivity index (χ1v) is 9.61. The monoisotopic (exact) mass is 382 g/mol. The van der Waals surface area contributed by atoms with Gasteiger partial charge < -0.3 is 19.9 Å². The van der Waals surface area contributed by atoms with E-state index in [-0.39, 0.29) is 12.0 Å². The summed E-state index contributed by atoms with van der Waals surface area (Å²) in [6.45, 7) is 4.84. The molecule has 1 aliphatic heterocycles. The van der Waals surface area contributed by atoms with E-state index in [1.807, 2.05) is 24.3 Å². The molecule has 1 N–H and O–H groups in total. The van der Waals surface area contributed by atoms with Crippen LogP contribution >= 0.6 is 0 Å². The van der Waals surface area contributed by atoms with Crippen LogP contribution in [0.25, 0.3) is 0 Å². The summed E-state index contributed by atoms with van der Waals surface area (Å²) in [5.74, 6) is -0.0669. The number of ether oxygens (including phenoxy) is 1. The summed E-state index contributed by atoms with van der Waals surface area (Å²) in [5, 5.41) is 3.32. The highest BCUT2D eigenvalue weighted by Gasteiger charge is 2.25. The van der Waals surface area contributed by atoms with Crippen LogP contribution in [-0.4, -0.2) is 66.1 Å². The van der Waals surface area contributed by atoms with Crippen LogP contribution in [0.5, 0.6) is 0 Å². The number of benzene rings is 1. The molecule has 7 heteroatoms. The summed E-state index contributed by atoms with van der Waals surface area (Å²) in [5.41, 5.74) is 2.64. The van der Waals surface area contributed by atoms with Crippen LogP contribution in [0.4, 0.5) is 10.5 Å². The van der Waals surface area contributed by atoms with Crippen molar-refractivity contribution in [2.75, 3.05) is 44.6 Å². The van der Waals surface area contributed by atoms with E-state index in [0.29, 0.717) is 38.3 Å². The Kier molecular flexibility index (Phi) is 6.84. The molecule has 1 saturated heterocycles. The Labute approximate surface area is 165 Å². The van der Waals surface area contributed by atoms with Crippen LogP contribution < -0.4 is 5.32 Å². The average Bonchev–Trinajstić information content (AvgIpc) is 2.74. The molecule has 0 unspecified atom stereocenters. The molecule has 148 valence electrons. The van der Waals surface area contributed by atoms with E-state index in [1.165, 1.54) is 5.56 Å². The zero-order chi connectivity index (χ0) is 19.8. The summed E-state index contributed by atoms with van der Waals surface area (Å²) in [6, 6.07) is 12.1. The Morgan fingerprint density at radius 3 is 2.50 bits per heavy atom. The summed E-state index contributed by atoms with van der Waals surface area (Å²) < 4.78 is 5.01. The van der Waals surface area contributed by atoms with E-state index >= 15 is 0 Å². The van der Waals surface area contributed by atoms with Crippen molar-refractivity contribution < 1.29 is 14.3 Å². The highest BCUT2D eigenvalue weighted by molar-refractivity contribution is 5.94. The topological polar surface area (TPSA) is 74.8 Å². The lowest BCUT2D eigenvalue weighted by Crippen LogP contribution is -2.50. The van der Waals surface area contributed by atoms with Crippen LogP contribution in [0, 0.1) is 0 Å². The third-order valence-electron chi connectivity index (χ3n) is 4.66. The minimum absolute atomic E-state index is 0.0669. The fourth-order valence-electron chi connectivity index (χ4n) is 3.14. The first-order chi connectivity index (χ1) is 13.7. The van der Waals surface area contributed by atoms with Gasteiger partial charge >= 0.3 is 6.09 Å². The van der Waals surface area contributed by atoms with E-state index in [1.54, 1.807) is 29.1 Å². The van der Waals surface area contributed by atoms with Crippen molar-refractivity contribution in [3.8, 4) is 0 Å². The van der Waals surface area contributed by atoms with Crippen molar-refractivity contribution in [1.82, 2.24) is 14.8 Å². The van der Waals surface area contributed by atoms with Gasteiger partial charge in [0.2, 0.25) is 0 Å². The van der Waals surface area contributed by atoms with Crippen molar-refractivity contribution in [3.63, 3.8) is 0 Å². The summed E-state index contributed by atoms with van der Waals surface area (Å²) >= 11 is 0. The molecule has 0 saturated carbocycles. The van der Waals surface area contributed by atoms with Crippen molar-refractivity contribution in [1.29, 1.82) is 0 Å². The Morgan fingerprint density at radius 1 is 1.07 bits per heavy atom. The molecule has 0 radical (unpaired) electrons. The Morgan fingerprint density at radius 2 is 1.79 bits per heavy atom. The van der Waals surface area contributed by atoms with Gasteiger partial charge in [0.25, 0.3) is 5.91 Å². The third-order valence-corrected chi connectivity index (χ3v) is 4.66. The molecule has 2 aromatic rings. The second-order valence-electron chi connectivity index (χ2n) is 6.60. The molecule has 28 heavy (non-hydrogen) atoms. The molecule has 2 amide bonds. The van der Waals surface area contributed by atoms with Gasteiger partial charge in [-0.25, -0.2) is 4.79 Å². The smallest absolute Gasteiger partial charge is 0.409 e. The zero-order valence-electron chi connectivity index (χ0n) is 16.1. The molecule has 0 atom stereocenters. The maximum atomic E-state index is 12.8. The van der Waals surface area contributed by atoms with E-state index in [4.69, 9.17) is 4.74 Å². The van der Waals surface area contributed by atoms with E-state index in [2.05, 4.69) is 22.4 Å². The number of anilines is 1. The van der Waals surface area contributed by atoms with Gasteiger partial charge in [0.1, 0.15) is 0 Å². The maximum absolute atomic E-state index is 12.8. The highest BCUT2D eigenvalue weighted by atomic mass is 16.6. The SMILES string of the molecule is CCOC(=O)N1CCN(C(=O)c2cncc(NCCc3ccccc3)c2)CC1.